The second-order valence-corrected chi connectivity index (χ2v) is 9.14. The van der Waals surface area contributed by atoms with E-state index in [2.05, 4.69) is 40.2 Å². The Morgan fingerprint density at radius 1 is 1.03 bits per heavy atom. The summed E-state index contributed by atoms with van der Waals surface area (Å²) in [7, 11) is 0. The van der Waals surface area contributed by atoms with Gasteiger partial charge in [0.05, 0.1) is 0 Å². The minimum absolute atomic E-state index is 0.0189. The Balaban J connectivity index is 1.35. The zero-order valence-electron chi connectivity index (χ0n) is 16.8. The number of benzene rings is 2. The number of halogens is 1. The molecule has 4 nitrogen and oxygen atoms in total. The second-order valence-electron chi connectivity index (χ2n) is 8.22. The third kappa shape index (κ3) is 4.40. The van der Waals surface area contributed by atoms with Gasteiger partial charge in [0.2, 0.25) is 11.8 Å². The fraction of sp³-hybridized carbons (Fsp3) is 0.417. The number of amides is 2. The quantitative estimate of drug-likeness (QED) is 0.633. The molecule has 5 heteroatoms. The molecule has 2 aromatic carbocycles. The molecule has 2 heterocycles. The Bertz CT molecular complexity index is 891. The minimum Gasteiger partial charge on any atom is -0.342 e. The molecule has 29 heavy (non-hydrogen) atoms. The Labute approximate surface area is 181 Å². The summed E-state index contributed by atoms with van der Waals surface area (Å²) >= 11 is 3.47. The Kier molecular flexibility index (Phi) is 6.04. The van der Waals surface area contributed by atoms with Gasteiger partial charge in [-0.25, -0.2) is 0 Å². The van der Waals surface area contributed by atoms with E-state index in [4.69, 9.17) is 0 Å². The molecule has 2 aromatic rings. The van der Waals surface area contributed by atoms with E-state index in [0.29, 0.717) is 18.9 Å². The standard InChI is InChI=1S/C24H27BrN2O2/c1-17-15-20(25)7-8-22(17)27-14-11-21(24(27)29)23(28)26-12-9-19(10-13-26)16-18-5-3-2-4-6-18/h2-8,15,19,21H,9-14,16H2,1H3/t21-/m1/s1. The van der Waals surface area contributed by atoms with Gasteiger partial charge < -0.3 is 9.80 Å². The third-order valence-corrected chi connectivity index (χ3v) is 6.74. The van der Waals surface area contributed by atoms with Crippen molar-refractivity contribution < 1.29 is 9.59 Å². The van der Waals surface area contributed by atoms with Crippen LogP contribution >= 0.6 is 15.9 Å². The van der Waals surface area contributed by atoms with Gasteiger partial charge in [0.1, 0.15) is 5.92 Å². The molecule has 152 valence electrons. The first-order chi connectivity index (χ1) is 14.0. The lowest BCUT2D eigenvalue weighted by Crippen LogP contribution is -2.44. The average molecular weight is 455 g/mol. The van der Waals surface area contributed by atoms with Crippen LogP contribution in [0.15, 0.2) is 53.0 Å². The Morgan fingerprint density at radius 3 is 2.45 bits per heavy atom. The lowest BCUT2D eigenvalue weighted by Gasteiger charge is -2.33. The van der Waals surface area contributed by atoms with E-state index >= 15 is 0 Å². The van der Waals surface area contributed by atoms with Gasteiger partial charge in [-0.05, 0) is 67.9 Å². The molecule has 1 atom stereocenters. The van der Waals surface area contributed by atoms with E-state index in [1.807, 2.05) is 36.1 Å². The number of piperidine rings is 1. The van der Waals surface area contributed by atoms with Crippen LogP contribution in [0, 0.1) is 18.8 Å². The molecular weight excluding hydrogens is 428 g/mol. The van der Waals surface area contributed by atoms with Crippen LogP contribution in [0.2, 0.25) is 0 Å². The van der Waals surface area contributed by atoms with Crippen LogP contribution in [0.1, 0.15) is 30.4 Å². The van der Waals surface area contributed by atoms with E-state index in [0.717, 1.165) is 48.1 Å². The summed E-state index contributed by atoms with van der Waals surface area (Å²) in [4.78, 5) is 29.8. The van der Waals surface area contributed by atoms with Gasteiger partial charge in [0.15, 0.2) is 0 Å². The predicted molar refractivity (Wildman–Crippen MR) is 119 cm³/mol. The molecule has 2 aliphatic heterocycles. The molecule has 2 saturated heterocycles. The van der Waals surface area contributed by atoms with Crippen molar-refractivity contribution in [3.63, 3.8) is 0 Å². The van der Waals surface area contributed by atoms with E-state index < -0.39 is 5.92 Å². The minimum atomic E-state index is -0.524. The molecule has 0 radical (unpaired) electrons. The normalized spacial score (nSPS) is 20.3. The number of rotatable bonds is 4. The number of hydrogen-bond acceptors (Lipinski definition) is 2. The zero-order valence-corrected chi connectivity index (χ0v) is 18.4. The van der Waals surface area contributed by atoms with Crippen LogP contribution in [0.4, 0.5) is 5.69 Å². The van der Waals surface area contributed by atoms with Crippen molar-refractivity contribution in [2.45, 2.75) is 32.6 Å². The van der Waals surface area contributed by atoms with Crippen LogP contribution in [0.3, 0.4) is 0 Å². The molecule has 0 aromatic heterocycles. The van der Waals surface area contributed by atoms with Crippen molar-refractivity contribution in [3.8, 4) is 0 Å². The molecule has 2 amide bonds. The highest BCUT2D eigenvalue weighted by atomic mass is 79.9. The molecule has 4 rings (SSSR count). The lowest BCUT2D eigenvalue weighted by atomic mass is 9.89. The molecule has 2 fully saturated rings. The molecule has 0 bridgehead atoms. The van der Waals surface area contributed by atoms with Crippen molar-refractivity contribution in [2.75, 3.05) is 24.5 Å². The summed E-state index contributed by atoms with van der Waals surface area (Å²) in [5.74, 6) is 0.0589. The molecule has 0 aliphatic carbocycles. The maximum Gasteiger partial charge on any atom is 0.239 e. The maximum atomic E-state index is 13.1. The van der Waals surface area contributed by atoms with Crippen molar-refractivity contribution >= 4 is 33.4 Å². The number of hydrogen-bond donors (Lipinski definition) is 0. The van der Waals surface area contributed by atoms with Crippen molar-refractivity contribution in [2.24, 2.45) is 11.8 Å². The van der Waals surface area contributed by atoms with Gasteiger partial charge in [-0.3, -0.25) is 9.59 Å². The zero-order chi connectivity index (χ0) is 20.4. The number of likely N-dealkylation sites (tertiary alicyclic amines) is 1. The molecule has 0 N–H and O–H groups in total. The van der Waals surface area contributed by atoms with Gasteiger partial charge >= 0.3 is 0 Å². The van der Waals surface area contributed by atoms with E-state index in [1.165, 1.54) is 5.56 Å². The van der Waals surface area contributed by atoms with Gasteiger partial charge in [0.25, 0.3) is 0 Å². The summed E-state index contributed by atoms with van der Waals surface area (Å²) < 4.78 is 0.997. The number of aryl methyl sites for hydroxylation is 1. The van der Waals surface area contributed by atoms with Crippen LogP contribution < -0.4 is 4.90 Å². The first kappa shape index (κ1) is 20.1. The van der Waals surface area contributed by atoms with Gasteiger partial charge in [-0.1, -0.05) is 46.3 Å². The van der Waals surface area contributed by atoms with Gasteiger partial charge in [0, 0.05) is 29.8 Å². The SMILES string of the molecule is Cc1cc(Br)ccc1N1CC[C@H](C(=O)N2CCC(Cc3ccccc3)CC2)C1=O. The first-order valence-electron chi connectivity index (χ1n) is 10.4. The molecule has 0 spiro atoms. The van der Waals surface area contributed by atoms with Gasteiger partial charge in [-0.2, -0.15) is 0 Å². The largest absolute Gasteiger partial charge is 0.342 e. The van der Waals surface area contributed by atoms with E-state index in [1.54, 1.807) is 4.90 Å². The lowest BCUT2D eigenvalue weighted by molar-refractivity contribution is -0.141. The van der Waals surface area contributed by atoms with E-state index in [-0.39, 0.29) is 11.8 Å². The van der Waals surface area contributed by atoms with Crippen molar-refractivity contribution in [1.29, 1.82) is 0 Å². The fourth-order valence-electron chi connectivity index (χ4n) is 4.60. The first-order valence-corrected chi connectivity index (χ1v) is 11.2. The highest BCUT2D eigenvalue weighted by molar-refractivity contribution is 9.10. The van der Waals surface area contributed by atoms with Crippen molar-refractivity contribution in [1.82, 2.24) is 4.90 Å². The number of carbonyl (C=O) groups is 2. The summed E-state index contributed by atoms with van der Waals surface area (Å²) in [5.41, 5.74) is 3.32. The Morgan fingerprint density at radius 2 is 1.76 bits per heavy atom. The average Bonchev–Trinajstić information content (AvgIpc) is 3.10. The monoisotopic (exact) mass is 454 g/mol. The maximum absolute atomic E-state index is 13.1. The van der Waals surface area contributed by atoms with Crippen LogP contribution in [-0.4, -0.2) is 36.3 Å². The molecule has 0 saturated carbocycles. The van der Waals surface area contributed by atoms with Crippen molar-refractivity contribution in [3.05, 3.63) is 64.1 Å². The number of carbonyl (C=O) groups excluding carboxylic acids is 2. The number of anilines is 1. The summed E-state index contributed by atoms with van der Waals surface area (Å²) in [6.07, 6.45) is 3.70. The van der Waals surface area contributed by atoms with E-state index in [9.17, 15) is 9.59 Å². The molecule has 2 aliphatic rings. The van der Waals surface area contributed by atoms with Gasteiger partial charge in [-0.15, -0.1) is 0 Å². The highest BCUT2D eigenvalue weighted by Crippen LogP contribution is 2.31. The van der Waals surface area contributed by atoms with Crippen LogP contribution in [0.25, 0.3) is 0 Å². The summed E-state index contributed by atoms with van der Waals surface area (Å²) in [6, 6.07) is 16.5. The molecule has 0 unspecified atom stereocenters. The highest BCUT2D eigenvalue weighted by Gasteiger charge is 2.40. The summed E-state index contributed by atoms with van der Waals surface area (Å²) in [5, 5.41) is 0. The number of nitrogens with zero attached hydrogens (tertiary/aromatic N) is 2. The Hall–Kier alpha value is -2.14. The fourth-order valence-corrected chi connectivity index (χ4v) is 5.07. The third-order valence-electron chi connectivity index (χ3n) is 6.25. The molecular formula is C24H27BrN2O2. The van der Waals surface area contributed by atoms with Crippen LogP contribution in [0.5, 0.6) is 0 Å². The summed E-state index contributed by atoms with van der Waals surface area (Å²) in [6.45, 7) is 4.14. The smallest absolute Gasteiger partial charge is 0.239 e. The predicted octanol–water partition coefficient (Wildman–Crippen LogP) is 4.59. The topological polar surface area (TPSA) is 40.6 Å². The van der Waals surface area contributed by atoms with Crippen LogP contribution in [-0.2, 0) is 16.0 Å². The second kappa shape index (κ2) is 8.70.